The van der Waals surface area contributed by atoms with Crippen molar-refractivity contribution < 1.29 is 8.81 Å². The molecule has 0 saturated heterocycles. The van der Waals surface area contributed by atoms with Crippen molar-refractivity contribution in [3.8, 4) is 97.4 Å². The van der Waals surface area contributed by atoms with Gasteiger partial charge in [-0.15, -0.1) is 22.7 Å². The number of rotatable bonds is 17. The molecule has 0 fully saturated rings. The molecular weight excluding hydrogens is 1690 g/mol. The zero-order valence-corrected chi connectivity index (χ0v) is 78.7. The summed E-state index contributed by atoms with van der Waals surface area (Å²) in [6, 6.07) is 158. The third-order valence-electron chi connectivity index (χ3n) is 28.9. The van der Waals surface area contributed by atoms with Gasteiger partial charge in [-0.05, 0) is 234 Å². The van der Waals surface area contributed by atoms with Crippen LogP contribution in [0, 0.1) is 5.82 Å². The standard InChI is InChI=1S/C70H53FN2S.C58H44N2OS/c1-69(2)59-44-52(72(51-32-18-9-19-33-51)62-36-22-20-34-54(62)47-26-12-6-13-27-47)38-40-56(59)67-64(69)65-68(74-67)57-41-39-53(45-60(57)70(65,3)4)73(63-37-23-21-35-55(63)48-28-14-7-15-29-48)66-58(49-30-16-8-17-31-49)42-50(43-61(66)71)46-24-10-5-11-25-46;1-57(2)48-34-40(59(38-20-10-6-11-21-38)42-28-31-45-44-25-15-17-27-51(44)61-52(45)36-42)29-32-46(48)55-53(57)54-56(62-55)47-33-30-41(35-49(47)58(54,3)4)60(39-22-12-7-13-23-39)50-26-16-14-24-43(50)37-18-8-5-9-19-37/h5-45H,1-4H3;5-36H,1-4H3. The van der Waals surface area contributed by atoms with E-state index in [-0.39, 0.29) is 27.5 Å². The van der Waals surface area contributed by atoms with Crippen LogP contribution in [-0.4, -0.2) is 0 Å². The Kier molecular flexibility index (Phi) is 20.2. The Morgan fingerprint density at radius 2 is 0.485 bits per heavy atom. The normalized spacial score (nSPS) is 13.7. The van der Waals surface area contributed by atoms with Crippen LogP contribution < -0.4 is 19.6 Å². The van der Waals surface area contributed by atoms with Crippen LogP contribution in [0.2, 0.25) is 0 Å². The minimum absolute atomic E-state index is 0.216. The summed E-state index contributed by atoms with van der Waals surface area (Å²) in [5.74, 6) is -0.293. The predicted molar refractivity (Wildman–Crippen MR) is 572 cm³/mol. The molecule has 0 N–H and O–H groups in total. The van der Waals surface area contributed by atoms with Gasteiger partial charge in [-0.2, -0.15) is 0 Å². The van der Waals surface area contributed by atoms with Gasteiger partial charge in [0.05, 0.1) is 22.7 Å². The second kappa shape index (κ2) is 32.9. The number of furan rings is 1. The summed E-state index contributed by atoms with van der Waals surface area (Å²) in [5.41, 5.74) is 39.8. The highest BCUT2D eigenvalue weighted by Crippen LogP contribution is 2.68. The molecule has 18 aromatic carbocycles. The zero-order valence-electron chi connectivity index (χ0n) is 77.0. The monoisotopic (exact) mass is 1790 g/mol. The minimum Gasteiger partial charge on any atom is -0.456 e. The van der Waals surface area contributed by atoms with Crippen LogP contribution in [0.4, 0.5) is 72.6 Å². The molecule has 3 heterocycles. The predicted octanol–water partition coefficient (Wildman–Crippen LogP) is 37.0. The summed E-state index contributed by atoms with van der Waals surface area (Å²) >= 11 is 3.91. The van der Waals surface area contributed by atoms with Gasteiger partial charge >= 0.3 is 0 Å². The van der Waals surface area contributed by atoms with Crippen LogP contribution in [0.15, 0.2) is 447 Å². The lowest BCUT2D eigenvalue weighted by molar-refractivity contribution is 0.603. The van der Waals surface area contributed by atoms with Crippen LogP contribution in [0.3, 0.4) is 0 Å². The fraction of sp³-hybridized carbons (Fsp3) is 0.0938. The number of benzene rings is 18. The highest BCUT2D eigenvalue weighted by Gasteiger charge is 2.51. The van der Waals surface area contributed by atoms with Crippen molar-refractivity contribution in [2.45, 2.75) is 77.0 Å². The van der Waals surface area contributed by atoms with E-state index in [1.54, 1.807) is 6.07 Å². The van der Waals surface area contributed by atoms with E-state index in [0.29, 0.717) is 5.69 Å². The van der Waals surface area contributed by atoms with Crippen LogP contribution in [0.1, 0.15) is 99.9 Å². The number of nitrogens with zero attached hydrogens (tertiary/aromatic N) is 4. The summed E-state index contributed by atoms with van der Waals surface area (Å²) in [7, 11) is 0. The first kappa shape index (κ1) is 83.4. The molecule has 0 spiro atoms. The molecule has 4 aliphatic rings. The lowest BCUT2D eigenvalue weighted by Gasteiger charge is -2.32. The first-order valence-electron chi connectivity index (χ1n) is 47.0. The van der Waals surface area contributed by atoms with E-state index in [2.05, 4.69) is 445 Å². The molecule has 5 nitrogen and oxygen atoms in total. The van der Waals surface area contributed by atoms with E-state index in [9.17, 15) is 0 Å². The topological polar surface area (TPSA) is 26.1 Å². The number of halogens is 1. The molecule has 654 valence electrons. The van der Waals surface area contributed by atoms with E-state index in [4.69, 9.17) is 4.42 Å². The molecule has 0 amide bonds. The maximum Gasteiger partial charge on any atom is 0.148 e. The largest absolute Gasteiger partial charge is 0.456 e. The second-order valence-corrected chi connectivity index (χ2v) is 40.3. The van der Waals surface area contributed by atoms with E-state index < -0.39 is 0 Å². The van der Waals surface area contributed by atoms with Crippen molar-refractivity contribution in [2.75, 3.05) is 19.6 Å². The Labute approximate surface area is 802 Å². The van der Waals surface area contributed by atoms with Gasteiger partial charge in [0, 0.05) is 126 Å². The summed E-state index contributed by atoms with van der Waals surface area (Å²) in [6.45, 7) is 19.4. The van der Waals surface area contributed by atoms with Crippen LogP contribution in [0.25, 0.3) is 119 Å². The fourth-order valence-electron chi connectivity index (χ4n) is 22.4. The molecule has 0 saturated carbocycles. The minimum atomic E-state index is -0.375. The van der Waals surface area contributed by atoms with E-state index >= 15 is 4.39 Å². The fourth-order valence-corrected chi connectivity index (χ4v) is 25.8. The second-order valence-electron chi connectivity index (χ2n) is 38.3. The Hall–Kier alpha value is -15.7. The van der Waals surface area contributed by atoms with Gasteiger partial charge in [-0.25, -0.2) is 4.39 Å². The molecule has 0 atom stereocenters. The number of para-hydroxylation sites is 7. The van der Waals surface area contributed by atoms with Crippen molar-refractivity contribution in [2.24, 2.45) is 0 Å². The highest BCUT2D eigenvalue weighted by molar-refractivity contribution is 7.20. The van der Waals surface area contributed by atoms with Gasteiger partial charge in [-0.1, -0.05) is 359 Å². The molecule has 8 heteroatoms. The molecule has 0 aliphatic heterocycles. The summed E-state index contributed by atoms with van der Waals surface area (Å²) in [4.78, 5) is 14.9. The maximum atomic E-state index is 17.9. The number of anilines is 12. The lowest BCUT2D eigenvalue weighted by Crippen LogP contribution is -2.24. The molecule has 0 radical (unpaired) electrons. The lowest BCUT2D eigenvalue weighted by atomic mass is 9.74. The molecule has 4 aliphatic carbocycles. The third kappa shape index (κ3) is 13.6. The maximum absolute atomic E-state index is 17.9. The Bertz CT molecular complexity index is 8230. The summed E-state index contributed by atoms with van der Waals surface area (Å²) < 4.78 is 24.3. The summed E-state index contributed by atoms with van der Waals surface area (Å²) in [6.07, 6.45) is 0. The van der Waals surface area contributed by atoms with Crippen molar-refractivity contribution in [1.29, 1.82) is 0 Å². The number of fused-ring (bicyclic) bond motifs is 17. The Balaban J connectivity index is 0.000000151. The van der Waals surface area contributed by atoms with Crippen LogP contribution >= 0.6 is 22.7 Å². The van der Waals surface area contributed by atoms with E-state index in [0.717, 1.165) is 118 Å². The first-order chi connectivity index (χ1) is 66.4. The highest BCUT2D eigenvalue weighted by atomic mass is 32.1. The number of thiophene rings is 2. The van der Waals surface area contributed by atoms with Crippen LogP contribution in [-0.2, 0) is 21.7 Å². The van der Waals surface area contributed by atoms with E-state index in [1.807, 2.05) is 89.4 Å². The van der Waals surface area contributed by atoms with E-state index in [1.165, 1.54) is 109 Å². The van der Waals surface area contributed by atoms with Gasteiger partial charge in [0.25, 0.3) is 0 Å². The molecule has 21 aromatic rings. The van der Waals surface area contributed by atoms with Crippen LogP contribution in [0.5, 0.6) is 0 Å². The SMILES string of the molecule is CC1(C)c2cc(N(c3ccccc3)c3ccc4c(c3)oc3ccccc34)ccc2-c2sc3c(c21)C(C)(C)c1cc(N(c2ccccc2)c2ccccc2-c2ccccc2)ccc1-3.CC1(C)c2cc(N(c3ccccc3)c3ccccc3-c3ccccc3)ccc2-c2sc3c(c21)C(C)(C)c1cc(N(c2ccccc2-c2ccccc2)c2c(F)cc(-c4ccccc4)cc2-c2ccccc2)ccc1-3. The van der Waals surface area contributed by atoms with Gasteiger partial charge < -0.3 is 24.0 Å². The Morgan fingerprint density at radius 1 is 0.206 bits per heavy atom. The first-order valence-corrected chi connectivity index (χ1v) is 48.7. The smallest absolute Gasteiger partial charge is 0.148 e. The van der Waals surface area contributed by atoms with Crippen molar-refractivity contribution in [1.82, 2.24) is 0 Å². The molecule has 0 unspecified atom stereocenters. The number of hydrogen-bond donors (Lipinski definition) is 0. The molecule has 25 rings (SSSR count). The van der Waals surface area contributed by atoms with Crippen molar-refractivity contribution in [3.05, 3.63) is 493 Å². The molecule has 136 heavy (non-hydrogen) atoms. The third-order valence-corrected chi connectivity index (χ3v) is 31.4. The Morgan fingerprint density at radius 3 is 0.868 bits per heavy atom. The van der Waals surface area contributed by atoms with Crippen molar-refractivity contribution in [3.63, 3.8) is 0 Å². The zero-order chi connectivity index (χ0) is 91.9. The van der Waals surface area contributed by atoms with Gasteiger partial charge in [-0.3, -0.25) is 0 Å². The molecule has 3 aromatic heterocycles. The average Bonchev–Trinajstić information content (AvgIpc) is 1.52. The van der Waals surface area contributed by atoms with Gasteiger partial charge in [0.1, 0.15) is 17.0 Å². The molecular formula is C128H97FN4OS2. The van der Waals surface area contributed by atoms with Gasteiger partial charge in [0.2, 0.25) is 0 Å². The summed E-state index contributed by atoms with van der Waals surface area (Å²) in [5, 5.41) is 2.27. The van der Waals surface area contributed by atoms with Gasteiger partial charge in [0.15, 0.2) is 0 Å². The van der Waals surface area contributed by atoms with Crippen molar-refractivity contribution >= 4 is 113 Å². The average molecular weight is 1790 g/mol. The number of hydrogen-bond acceptors (Lipinski definition) is 7. The quantitative estimate of drug-likeness (QED) is 0.0905. The molecule has 0 bridgehead atoms.